The van der Waals surface area contributed by atoms with Crippen LogP contribution in [0.15, 0.2) is 18.2 Å². The molecule has 3 aliphatic carbocycles. The van der Waals surface area contributed by atoms with E-state index in [2.05, 4.69) is 11.7 Å². The molecule has 0 aromatic heterocycles. The highest BCUT2D eigenvalue weighted by atomic mass is 19.1. The zero-order chi connectivity index (χ0) is 17.8. The van der Waals surface area contributed by atoms with Gasteiger partial charge in [0.15, 0.2) is 0 Å². The molecule has 1 aromatic carbocycles. The number of amides is 1. The molecule has 25 heavy (non-hydrogen) atoms. The second-order valence-corrected chi connectivity index (χ2v) is 8.06. The highest BCUT2D eigenvalue weighted by molar-refractivity contribution is 5.89. The Kier molecular flexibility index (Phi) is 3.85. The fraction of sp³-hybridized carbons (Fsp3) is 0.600. The van der Waals surface area contributed by atoms with E-state index >= 15 is 0 Å². The number of ether oxygens (including phenoxy) is 1. The molecule has 4 fully saturated rings. The predicted octanol–water partition coefficient (Wildman–Crippen LogP) is 3.51. The summed E-state index contributed by atoms with van der Waals surface area (Å²) in [6.07, 6.45) is 4.92. The van der Waals surface area contributed by atoms with Crippen LogP contribution in [0.5, 0.6) is 0 Å². The topological polar surface area (TPSA) is 46.6 Å². The summed E-state index contributed by atoms with van der Waals surface area (Å²) >= 11 is 0. The number of benzene rings is 1. The number of nitrogens with zero attached hydrogens (tertiary/aromatic N) is 1. The van der Waals surface area contributed by atoms with E-state index in [1.165, 1.54) is 19.2 Å². The molecule has 134 valence electrons. The van der Waals surface area contributed by atoms with Gasteiger partial charge in [-0.3, -0.25) is 4.79 Å². The number of likely N-dealkylation sites (tertiary alicyclic amines) is 1. The van der Waals surface area contributed by atoms with Crippen molar-refractivity contribution < 1.29 is 18.7 Å². The Morgan fingerprint density at radius 3 is 2.52 bits per heavy atom. The number of hydrogen-bond acceptors (Lipinski definition) is 3. The van der Waals surface area contributed by atoms with Crippen LogP contribution < -0.4 is 0 Å². The van der Waals surface area contributed by atoms with Crippen molar-refractivity contribution in [3.8, 4) is 0 Å². The Balaban J connectivity index is 1.44. The van der Waals surface area contributed by atoms with Gasteiger partial charge in [-0.15, -0.1) is 0 Å². The van der Waals surface area contributed by atoms with E-state index in [1.54, 1.807) is 0 Å². The van der Waals surface area contributed by atoms with Crippen molar-refractivity contribution >= 4 is 11.9 Å². The third kappa shape index (κ3) is 2.55. The van der Waals surface area contributed by atoms with Gasteiger partial charge in [0.1, 0.15) is 5.82 Å². The molecule has 4 nitrogen and oxygen atoms in total. The van der Waals surface area contributed by atoms with E-state index in [1.807, 2.05) is 11.0 Å². The summed E-state index contributed by atoms with van der Waals surface area (Å²) in [4.78, 5) is 26.4. The van der Waals surface area contributed by atoms with Gasteiger partial charge in [-0.1, -0.05) is 6.07 Å². The van der Waals surface area contributed by atoms with Crippen LogP contribution >= 0.6 is 0 Å². The van der Waals surface area contributed by atoms with Gasteiger partial charge in [0.25, 0.3) is 0 Å². The first-order valence-electron chi connectivity index (χ1n) is 9.12. The Morgan fingerprint density at radius 1 is 1.28 bits per heavy atom. The molecule has 4 aliphatic rings. The first kappa shape index (κ1) is 16.6. The molecular weight excluding hydrogens is 321 g/mol. The standard InChI is InChI=1S/C20H24FNO3/c1-12-7-15(14-3-4-16(17(21)8-14)18(23)25-2)5-6-22(12)19(24)20-9-13(10-20)11-20/h3-4,8,12-13,15H,5-7,9-11H2,1-2H3/t12-,13?,15?,20?/m1/s1. The number of piperidine rings is 1. The molecule has 3 saturated carbocycles. The molecule has 0 spiro atoms. The van der Waals surface area contributed by atoms with Crippen molar-refractivity contribution in [2.24, 2.45) is 11.3 Å². The molecule has 1 amide bonds. The number of carbonyl (C=O) groups is 2. The lowest BCUT2D eigenvalue weighted by Crippen LogP contribution is -2.63. The highest BCUT2D eigenvalue weighted by Gasteiger charge is 2.62. The monoisotopic (exact) mass is 345 g/mol. The normalized spacial score (nSPS) is 33.2. The van der Waals surface area contributed by atoms with Crippen molar-refractivity contribution in [1.29, 1.82) is 0 Å². The first-order chi connectivity index (χ1) is 11.9. The number of carbonyl (C=O) groups excluding carboxylic acids is 2. The second-order valence-electron chi connectivity index (χ2n) is 8.06. The van der Waals surface area contributed by atoms with E-state index in [-0.39, 0.29) is 22.9 Å². The fourth-order valence-electron chi connectivity index (χ4n) is 4.88. The van der Waals surface area contributed by atoms with E-state index in [0.29, 0.717) is 5.91 Å². The van der Waals surface area contributed by atoms with Crippen LogP contribution in [0.4, 0.5) is 4.39 Å². The van der Waals surface area contributed by atoms with Crippen LogP contribution in [0.3, 0.4) is 0 Å². The van der Waals surface area contributed by atoms with Gasteiger partial charge in [-0.2, -0.15) is 0 Å². The average Bonchev–Trinajstić information content (AvgIpc) is 2.50. The highest BCUT2D eigenvalue weighted by Crippen LogP contribution is 2.65. The summed E-state index contributed by atoms with van der Waals surface area (Å²) in [7, 11) is 1.25. The second kappa shape index (κ2) is 5.82. The number of esters is 1. The van der Waals surface area contributed by atoms with Gasteiger partial charge in [0.2, 0.25) is 5.91 Å². The van der Waals surface area contributed by atoms with Gasteiger partial charge in [0, 0.05) is 12.6 Å². The van der Waals surface area contributed by atoms with Crippen LogP contribution in [0.2, 0.25) is 0 Å². The van der Waals surface area contributed by atoms with Crippen molar-refractivity contribution in [2.75, 3.05) is 13.7 Å². The summed E-state index contributed by atoms with van der Waals surface area (Å²) in [5.74, 6) is 0.162. The third-order valence-corrected chi connectivity index (χ3v) is 6.50. The average molecular weight is 345 g/mol. The lowest BCUT2D eigenvalue weighted by Gasteiger charge is -2.62. The largest absolute Gasteiger partial charge is 0.465 e. The van der Waals surface area contributed by atoms with Gasteiger partial charge in [0.05, 0.1) is 18.1 Å². The van der Waals surface area contributed by atoms with Crippen LogP contribution in [0.25, 0.3) is 0 Å². The Hall–Kier alpha value is -1.91. The molecule has 0 radical (unpaired) electrons. The maximum atomic E-state index is 14.2. The lowest BCUT2D eigenvalue weighted by molar-refractivity contribution is -0.180. The van der Waals surface area contributed by atoms with Gasteiger partial charge < -0.3 is 9.64 Å². The fourth-order valence-corrected chi connectivity index (χ4v) is 4.88. The predicted molar refractivity (Wildman–Crippen MR) is 90.7 cm³/mol. The molecule has 1 saturated heterocycles. The third-order valence-electron chi connectivity index (χ3n) is 6.50. The lowest BCUT2D eigenvalue weighted by atomic mass is 9.44. The van der Waals surface area contributed by atoms with Crippen LogP contribution in [0, 0.1) is 17.2 Å². The summed E-state index contributed by atoms with van der Waals surface area (Å²) in [5, 5.41) is 0. The smallest absolute Gasteiger partial charge is 0.340 e. The maximum Gasteiger partial charge on any atom is 0.340 e. The number of halogens is 1. The molecule has 0 N–H and O–H groups in total. The summed E-state index contributed by atoms with van der Waals surface area (Å²) in [6, 6.07) is 4.93. The quantitative estimate of drug-likeness (QED) is 0.788. The molecule has 2 bridgehead atoms. The minimum absolute atomic E-state index is 0.0277. The van der Waals surface area contributed by atoms with Crippen molar-refractivity contribution in [2.45, 2.75) is 51.0 Å². The maximum absolute atomic E-state index is 14.2. The van der Waals surface area contributed by atoms with Gasteiger partial charge in [-0.25, -0.2) is 9.18 Å². The van der Waals surface area contributed by atoms with Gasteiger partial charge >= 0.3 is 5.97 Å². The van der Waals surface area contributed by atoms with Crippen LogP contribution in [0.1, 0.15) is 60.9 Å². The zero-order valence-electron chi connectivity index (χ0n) is 14.8. The van der Waals surface area contributed by atoms with Crippen LogP contribution in [-0.4, -0.2) is 36.5 Å². The van der Waals surface area contributed by atoms with Crippen molar-refractivity contribution in [3.63, 3.8) is 0 Å². The molecule has 1 aromatic rings. The van der Waals surface area contributed by atoms with E-state index in [9.17, 15) is 14.0 Å². The Morgan fingerprint density at radius 2 is 2.00 bits per heavy atom. The van der Waals surface area contributed by atoms with E-state index in [4.69, 9.17) is 0 Å². The van der Waals surface area contributed by atoms with Crippen LogP contribution in [-0.2, 0) is 9.53 Å². The Bertz CT molecular complexity index is 715. The summed E-state index contributed by atoms with van der Waals surface area (Å²) < 4.78 is 18.8. The Labute approximate surface area is 147 Å². The molecule has 5 rings (SSSR count). The van der Waals surface area contributed by atoms with Crippen molar-refractivity contribution in [1.82, 2.24) is 4.90 Å². The van der Waals surface area contributed by atoms with Gasteiger partial charge in [-0.05, 0) is 68.6 Å². The molecule has 5 heteroatoms. The van der Waals surface area contributed by atoms with E-state index in [0.717, 1.165) is 50.1 Å². The zero-order valence-corrected chi connectivity index (χ0v) is 14.8. The molecule has 1 unspecified atom stereocenters. The minimum atomic E-state index is -0.656. The number of rotatable bonds is 3. The van der Waals surface area contributed by atoms with E-state index < -0.39 is 11.8 Å². The minimum Gasteiger partial charge on any atom is -0.465 e. The molecule has 1 heterocycles. The number of methoxy groups -OCH3 is 1. The summed E-state index contributed by atoms with van der Waals surface area (Å²) in [6.45, 7) is 2.83. The SMILES string of the molecule is COC(=O)c1ccc(C2CCN(C(=O)C34CC(C3)C4)[C@H](C)C2)cc1F. The number of hydrogen-bond donors (Lipinski definition) is 0. The summed E-state index contributed by atoms with van der Waals surface area (Å²) in [5.41, 5.74) is 0.838. The van der Waals surface area contributed by atoms with Crippen molar-refractivity contribution in [3.05, 3.63) is 35.1 Å². The molecule has 1 aliphatic heterocycles. The molecular formula is C20H24FNO3. The molecule has 2 atom stereocenters. The first-order valence-corrected chi connectivity index (χ1v) is 9.12.